The summed E-state index contributed by atoms with van der Waals surface area (Å²) in [6, 6.07) is 17.0. The van der Waals surface area contributed by atoms with Crippen molar-refractivity contribution >= 4 is 33.1 Å². The first kappa shape index (κ1) is 13.7. The summed E-state index contributed by atoms with van der Waals surface area (Å²) in [5, 5.41) is 13.8. The maximum absolute atomic E-state index is 12.5. The minimum absolute atomic E-state index is 0.205. The molecule has 0 saturated carbocycles. The Hall–Kier alpha value is -2.99. The minimum Gasteiger partial charge on any atom is -0.462 e. The molecular formula is C17H11N3O2S. The van der Waals surface area contributed by atoms with E-state index in [2.05, 4.69) is 15.5 Å². The zero-order valence-electron chi connectivity index (χ0n) is 11.9. The standard InChI is InChI=1S/C17H11N3O2S/c21-15(13-8-3-6-11-5-1-2-7-12(11)13)18-17-20-19-16(23-17)14-9-4-10-22-14/h1-10H,(H,18,20,21). The molecule has 5 nitrogen and oxygen atoms in total. The Balaban J connectivity index is 1.62. The van der Waals surface area contributed by atoms with E-state index in [1.165, 1.54) is 11.3 Å². The Bertz CT molecular complexity index is 971. The number of amides is 1. The van der Waals surface area contributed by atoms with Crippen molar-refractivity contribution in [2.45, 2.75) is 0 Å². The molecule has 0 aliphatic rings. The van der Waals surface area contributed by atoms with Gasteiger partial charge in [-0.3, -0.25) is 10.1 Å². The van der Waals surface area contributed by atoms with E-state index in [9.17, 15) is 4.79 Å². The molecule has 0 saturated heterocycles. The van der Waals surface area contributed by atoms with Crippen molar-refractivity contribution < 1.29 is 9.21 Å². The smallest absolute Gasteiger partial charge is 0.258 e. The van der Waals surface area contributed by atoms with Crippen molar-refractivity contribution in [1.82, 2.24) is 10.2 Å². The highest BCUT2D eigenvalue weighted by Crippen LogP contribution is 2.27. The molecule has 0 fully saturated rings. The minimum atomic E-state index is -0.205. The zero-order chi connectivity index (χ0) is 15.6. The van der Waals surface area contributed by atoms with Gasteiger partial charge in [-0.2, -0.15) is 0 Å². The van der Waals surface area contributed by atoms with Gasteiger partial charge in [-0.15, -0.1) is 10.2 Å². The number of benzene rings is 2. The molecular weight excluding hydrogens is 310 g/mol. The second-order valence-corrected chi connectivity index (χ2v) is 5.85. The number of nitrogens with one attached hydrogen (secondary N) is 1. The fourth-order valence-electron chi connectivity index (χ4n) is 2.36. The van der Waals surface area contributed by atoms with Crippen LogP contribution >= 0.6 is 11.3 Å². The van der Waals surface area contributed by atoms with Gasteiger partial charge in [0.15, 0.2) is 10.8 Å². The van der Waals surface area contributed by atoms with Crippen LogP contribution in [-0.4, -0.2) is 16.1 Å². The number of fused-ring (bicyclic) bond motifs is 1. The maximum atomic E-state index is 12.5. The predicted octanol–water partition coefficient (Wildman–Crippen LogP) is 4.20. The molecule has 23 heavy (non-hydrogen) atoms. The van der Waals surface area contributed by atoms with Gasteiger partial charge < -0.3 is 4.42 Å². The average Bonchev–Trinajstić information content (AvgIpc) is 3.25. The van der Waals surface area contributed by atoms with Crippen LogP contribution in [0.5, 0.6) is 0 Å². The molecule has 0 radical (unpaired) electrons. The van der Waals surface area contributed by atoms with Gasteiger partial charge in [0.05, 0.1) is 6.26 Å². The van der Waals surface area contributed by atoms with E-state index in [0.29, 0.717) is 21.5 Å². The van der Waals surface area contributed by atoms with Crippen molar-refractivity contribution in [1.29, 1.82) is 0 Å². The number of rotatable bonds is 3. The molecule has 112 valence electrons. The highest BCUT2D eigenvalue weighted by Gasteiger charge is 2.14. The lowest BCUT2D eigenvalue weighted by atomic mass is 10.0. The number of anilines is 1. The summed E-state index contributed by atoms with van der Waals surface area (Å²) in [5.41, 5.74) is 0.609. The summed E-state index contributed by atoms with van der Waals surface area (Å²) >= 11 is 1.27. The summed E-state index contributed by atoms with van der Waals surface area (Å²) in [5.74, 6) is 0.428. The fraction of sp³-hybridized carbons (Fsp3) is 0. The van der Waals surface area contributed by atoms with Crippen LogP contribution in [0, 0.1) is 0 Å². The molecule has 2 aromatic carbocycles. The highest BCUT2D eigenvalue weighted by molar-refractivity contribution is 7.18. The summed E-state index contributed by atoms with van der Waals surface area (Å²) in [4.78, 5) is 12.5. The molecule has 1 N–H and O–H groups in total. The average molecular weight is 321 g/mol. The first-order valence-corrected chi connectivity index (χ1v) is 7.79. The van der Waals surface area contributed by atoms with Crippen LogP contribution in [0.4, 0.5) is 5.13 Å². The molecule has 0 atom stereocenters. The lowest BCUT2D eigenvalue weighted by molar-refractivity contribution is 0.102. The van der Waals surface area contributed by atoms with Crippen molar-refractivity contribution in [3.63, 3.8) is 0 Å². The first-order chi connectivity index (χ1) is 11.3. The van der Waals surface area contributed by atoms with E-state index in [1.54, 1.807) is 24.5 Å². The molecule has 6 heteroatoms. The van der Waals surface area contributed by atoms with Crippen LogP contribution < -0.4 is 5.32 Å². The highest BCUT2D eigenvalue weighted by atomic mass is 32.1. The molecule has 4 rings (SSSR count). The molecule has 1 amide bonds. The van der Waals surface area contributed by atoms with Crippen LogP contribution in [0.15, 0.2) is 65.3 Å². The number of hydrogen-bond acceptors (Lipinski definition) is 5. The van der Waals surface area contributed by atoms with Gasteiger partial charge in [-0.1, -0.05) is 47.7 Å². The fourth-order valence-corrected chi connectivity index (χ4v) is 3.07. The zero-order valence-corrected chi connectivity index (χ0v) is 12.7. The Kier molecular flexibility index (Phi) is 3.36. The van der Waals surface area contributed by atoms with Crippen molar-refractivity contribution in [3.8, 4) is 10.8 Å². The van der Waals surface area contributed by atoms with Crippen LogP contribution in [0.2, 0.25) is 0 Å². The molecule has 0 aliphatic heterocycles. The van der Waals surface area contributed by atoms with Gasteiger partial charge in [-0.25, -0.2) is 0 Å². The first-order valence-electron chi connectivity index (χ1n) is 6.98. The Morgan fingerprint density at radius 3 is 2.74 bits per heavy atom. The molecule has 0 bridgehead atoms. The monoisotopic (exact) mass is 321 g/mol. The number of carbonyl (C=O) groups excluding carboxylic acids is 1. The molecule has 4 aromatic rings. The number of hydrogen-bond donors (Lipinski definition) is 1. The van der Waals surface area contributed by atoms with Crippen molar-refractivity contribution in [3.05, 3.63) is 66.4 Å². The third-order valence-corrected chi connectivity index (χ3v) is 4.26. The predicted molar refractivity (Wildman–Crippen MR) is 89.5 cm³/mol. The second kappa shape index (κ2) is 5.66. The van der Waals surface area contributed by atoms with Crippen LogP contribution in [0.3, 0.4) is 0 Å². The van der Waals surface area contributed by atoms with Crippen LogP contribution in [0.25, 0.3) is 21.5 Å². The third-order valence-electron chi connectivity index (χ3n) is 3.41. The number of aromatic nitrogens is 2. The summed E-state index contributed by atoms with van der Waals surface area (Å²) in [7, 11) is 0. The maximum Gasteiger partial charge on any atom is 0.258 e. The summed E-state index contributed by atoms with van der Waals surface area (Å²) in [6.07, 6.45) is 1.57. The molecule has 0 aliphatic carbocycles. The number of carbonyl (C=O) groups is 1. The molecule has 0 spiro atoms. The molecule has 2 aromatic heterocycles. The quantitative estimate of drug-likeness (QED) is 0.614. The molecule has 2 heterocycles. The molecule has 0 unspecified atom stereocenters. The van der Waals surface area contributed by atoms with E-state index < -0.39 is 0 Å². The number of nitrogens with zero attached hydrogens (tertiary/aromatic N) is 2. The Morgan fingerprint density at radius 1 is 1.00 bits per heavy atom. The van der Waals surface area contributed by atoms with Crippen LogP contribution in [0.1, 0.15) is 10.4 Å². The summed E-state index contributed by atoms with van der Waals surface area (Å²) in [6.45, 7) is 0. The van der Waals surface area contributed by atoms with Gasteiger partial charge in [0.1, 0.15) is 0 Å². The Morgan fingerprint density at radius 2 is 1.87 bits per heavy atom. The van der Waals surface area contributed by atoms with E-state index in [4.69, 9.17) is 4.42 Å². The van der Waals surface area contributed by atoms with E-state index >= 15 is 0 Å². The third kappa shape index (κ3) is 2.60. The van der Waals surface area contributed by atoms with Gasteiger partial charge in [0, 0.05) is 5.56 Å². The topological polar surface area (TPSA) is 68.0 Å². The van der Waals surface area contributed by atoms with Crippen molar-refractivity contribution in [2.75, 3.05) is 5.32 Å². The van der Waals surface area contributed by atoms with E-state index in [-0.39, 0.29) is 5.91 Å². The SMILES string of the molecule is O=C(Nc1nnc(-c2ccco2)s1)c1cccc2ccccc12. The van der Waals surface area contributed by atoms with Gasteiger partial charge in [0.25, 0.3) is 5.91 Å². The van der Waals surface area contributed by atoms with Gasteiger partial charge in [-0.05, 0) is 29.0 Å². The van der Waals surface area contributed by atoms with Crippen LogP contribution in [-0.2, 0) is 0 Å². The lowest BCUT2D eigenvalue weighted by Crippen LogP contribution is -2.12. The normalized spacial score (nSPS) is 10.8. The van der Waals surface area contributed by atoms with Gasteiger partial charge in [0.2, 0.25) is 5.13 Å². The number of furan rings is 1. The van der Waals surface area contributed by atoms with E-state index in [0.717, 1.165) is 10.8 Å². The van der Waals surface area contributed by atoms with Crippen molar-refractivity contribution in [2.24, 2.45) is 0 Å². The second-order valence-electron chi connectivity index (χ2n) is 4.87. The Labute approximate surface area is 135 Å². The van der Waals surface area contributed by atoms with E-state index in [1.807, 2.05) is 36.4 Å². The lowest BCUT2D eigenvalue weighted by Gasteiger charge is -2.05. The van der Waals surface area contributed by atoms with Gasteiger partial charge >= 0.3 is 0 Å². The largest absolute Gasteiger partial charge is 0.462 e. The summed E-state index contributed by atoms with van der Waals surface area (Å²) < 4.78 is 5.28.